The average Bonchev–Trinajstić information content (AvgIpc) is 3.30. The molecule has 1 heterocycles. The summed E-state index contributed by atoms with van der Waals surface area (Å²) in [6.45, 7) is 0. The Labute approximate surface area is 190 Å². The van der Waals surface area contributed by atoms with Crippen LogP contribution >= 0.6 is 0 Å². The highest BCUT2D eigenvalue weighted by Gasteiger charge is 2.24. The summed E-state index contributed by atoms with van der Waals surface area (Å²) < 4.78 is 6.83. The van der Waals surface area contributed by atoms with Gasteiger partial charge in [0.25, 0.3) is 5.91 Å². The minimum atomic E-state index is -1.05. The summed E-state index contributed by atoms with van der Waals surface area (Å²) in [5.41, 5.74) is 2.15. The molecule has 0 aliphatic carbocycles. The van der Waals surface area contributed by atoms with Gasteiger partial charge in [0.2, 0.25) is 5.82 Å². The first-order valence-corrected chi connectivity index (χ1v) is 10.3. The Kier molecular flexibility index (Phi) is 6.45. The van der Waals surface area contributed by atoms with Crippen LogP contribution < -0.4 is 10.1 Å². The van der Waals surface area contributed by atoms with Gasteiger partial charge in [0.15, 0.2) is 5.82 Å². The fourth-order valence-corrected chi connectivity index (χ4v) is 3.44. The van der Waals surface area contributed by atoms with Crippen molar-refractivity contribution >= 4 is 11.9 Å². The number of nitrogens with one attached hydrogen (secondary N) is 1. The van der Waals surface area contributed by atoms with Gasteiger partial charge in [-0.2, -0.15) is 0 Å². The summed E-state index contributed by atoms with van der Waals surface area (Å²) in [7, 11) is 1.52. The normalized spacial score (nSPS) is 11.5. The van der Waals surface area contributed by atoms with Gasteiger partial charge in [0, 0.05) is 5.56 Å². The van der Waals surface area contributed by atoms with E-state index < -0.39 is 17.9 Å². The van der Waals surface area contributed by atoms with Crippen molar-refractivity contribution in [1.29, 1.82) is 0 Å². The standard InChI is InChI=1S/C25H22N4O4/c1-33-20-14-8-11-18(15-20)21(16-22(30)31)26-25(32)23-27-24(17-9-4-2-5-10-17)29(28-23)19-12-6-3-7-13-19/h2-15,21H,16H2,1H3,(H,26,32)(H,30,31)/t21-/m0/s1. The molecule has 8 heteroatoms. The first-order chi connectivity index (χ1) is 16.0. The predicted molar refractivity (Wildman–Crippen MR) is 122 cm³/mol. The number of carbonyl (C=O) groups is 2. The van der Waals surface area contributed by atoms with Crippen LogP contribution in [0.5, 0.6) is 5.75 Å². The SMILES string of the molecule is COc1cccc([C@H](CC(=O)O)NC(=O)c2nc(-c3ccccc3)n(-c3ccccc3)n2)c1. The zero-order valence-electron chi connectivity index (χ0n) is 17.9. The molecule has 1 atom stereocenters. The van der Waals surface area contributed by atoms with Crippen LogP contribution in [-0.4, -0.2) is 38.9 Å². The molecule has 0 unspecified atom stereocenters. The van der Waals surface area contributed by atoms with E-state index in [2.05, 4.69) is 15.4 Å². The van der Waals surface area contributed by atoms with Crippen LogP contribution in [0.1, 0.15) is 28.6 Å². The Balaban J connectivity index is 1.69. The Morgan fingerprint density at radius 2 is 1.70 bits per heavy atom. The van der Waals surface area contributed by atoms with E-state index in [1.807, 2.05) is 60.7 Å². The number of aliphatic carboxylic acids is 1. The maximum atomic E-state index is 13.1. The molecule has 33 heavy (non-hydrogen) atoms. The second-order valence-corrected chi connectivity index (χ2v) is 7.27. The van der Waals surface area contributed by atoms with Crippen LogP contribution in [0.4, 0.5) is 0 Å². The molecule has 4 rings (SSSR count). The molecular weight excluding hydrogens is 420 g/mol. The van der Waals surface area contributed by atoms with Crippen molar-refractivity contribution < 1.29 is 19.4 Å². The molecule has 3 aromatic carbocycles. The number of rotatable bonds is 8. The lowest BCUT2D eigenvalue weighted by atomic mass is 10.0. The van der Waals surface area contributed by atoms with Gasteiger partial charge < -0.3 is 15.2 Å². The summed E-state index contributed by atoms with van der Waals surface area (Å²) in [4.78, 5) is 29.1. The summed E-state index contributed by atoms with van der Waals surface area (Å²) in [6.07, 6.45) is -0.302. The maximum Gasteiger partial charge on any atom is 0.305 e. The number of nitrogens with zero attached hydrogens (tertiary/aromatic N) is 3. The van der Waals surface area contributed by atoms with Gasteiger partial charge in [-0.05, 0) is 29.8 Å². The fourth-order valence-electron chi connectivity index (χ4n) is 3.44. The van der Waals surface area contributed by atoms with Crippen molar-refractivity contribution in [3.63, 3.8) is 0 Å². The van der Waals surface area contributed by atoms with Crippen LogP contribution in [0.25, 0.3) is 17.1 Å². The van der Waals surface area contributed by atoms with E-state index in [1.54, 1.807) is 28.9 Å². The highest BCUT2D eigenvalue weighted by Crippen LogP contribution is 2.24. The molecule has 2 N–H and O–H groups in total. The number of methoxy groups -OCH3 is 1. The van der Waals surface area contributed by atoms with Gasteiger partial charge in [-0.25, -0.2) is 9.67 Å². The first kappa shape index (κ1) is 21.8. The first-order valence-electron chi connectivity index (χ1n) is 10.3. The zero-order chi connectivity index (χ0) is 23.2. The molecular formula is C25H22N4O4. The van der Waals surface area contributed by atoms with Crippen LogP contribution in [0.15, 0.2) is 84.9 Å². The second kappa shape index (κ2) is 9.78. The summed E-state index contributed by atoms with van der Waals surface area (Å²) in [5.74, 6) is -0.610. The molecule has 4 aromatic rings. The number of carbonyl (C=O) groups excluding carboxylic acids is 1. The number of aromatic nitrogens is 3. The van der Waals surface area contributed by atoms with E-state index in [0.717, 1.165) is 11.3 Å². The summed E-state index contributed by atoms with van der Waals surface area (Å²) in [5, 5.41) is 16.6. The van der Waals surface area contributed by atoms with Crippen LogP contribution in [-0.2, 0) is 4.79 Å². The van der Waals surface area contributed by atoms with Crippen LogP contribution in [0.3, 0.4) is 0 Å². The Morgan fingerprint density at radius 1 is 1.00 bits per heavy atom. The molecule has 0 saturated heterocycles. The van der Waals surface area contributed by atoms with Crippen molar-refractivity contribution in [1.82, 2.24) is 20.1 Å². The minimum Gasteiger partial charge on any atom is -0.497 e. The fraction of sp³-hybridized carbons (Fsp3) is 0.120. The van der Waals surface area contributed by atoms with E-state index >= 15 is 0 Å². The van der Waals surface area contributed by atoms with E-state index in [-0.39, 0.29) is 12.2 Å². The molecule has 0 radical (unpaired) electrons. The van der Waals surface area contributed by atoms with Gasteiger partial charge >= 0.3 is 5.97 Å². The summed E-state index contributed by atoms with van der Waals surface area (Å²) in [6, 6.07) is 24.9. The van der Waals surface area contributed by atoms with Crippen LogP contribution in [0.2, 0.25) is 0 Å². The topological polar surface area (TPSA) is 106 Å². The summed E-state index contributed by atoms with van der Waals surface area (Å²) >= 11 is 0. The third-order valence-corrected chi connectivity index (χ3v) is 5.02. The zero-order valence-corrected chi connectivity index (χ0v) is 17.9. The van der Waals surface area contributed by atoms with Crippen molar-refractivity contribution in [2.75, 3.05) is 7.11 Å². The molecule has 0 bridgehead atoms. The number of benzene rings is 3. The van der Waals surface area contributed by atoms with E-state index in [4.69, 9.17) is 4.74 Å². The second-order valence-electron chi connectivity index (χ2n) is 7.27. The van der Waals surface area contributed by atoms with Crippen molar-refractivity contribution in [2.45, 2.75) is 12.5 Å². The third-order valence-electron chi connectivity index (χ3n) is 5.02. The maximum absolute atomic E-state index is 13.1. The lowest BCUT2D eigenvalue weighted by molar-refractivity contribution is -0.137. The van der Waals surface area contributed by atoms with Crippen molar-refractivity contribution in [3.8, 4) is 22.8 Å². The molecule has 166 valence electrons. The smallest absolute Gasteiger partial charge is 0.305 e. The molecule has 0 fully saturated rings. The average molecular weight is 442 g/mol. The molecule has 8 nitrogen and oxygen atoms in total. The highest BCUT2D eigenvalue weighted by molar-refractivity contribution is 5.91. The number of hydrogen-bond donors (Lipinski definition) is 2. The quantitative estimate of drug-likeness (QED) is 0.429. The lowest BCUT2D eigenvalue weighted by Gasteiger charge is -2.17. The number of hydrogen-bond acceptors (Lipinski definition) is 5. The minimum absolute atomic E-state index is 0.0593. The number of para-hydroxylation sites is 1. The number of carboxylic acid groups (broad SMARTS) is 1. The number of amides is 1. The van der Waals surface area contributed by atoms with Gasteiger partial charge in [-0.3, -0.25) is 9.59 Å². The molecule has 0 aliphatic heterocycles. The number of ether oxygens (including phenoxy) is 1. The number of carboxylic acids is 1. The Bertz CT molecular complexity index is 1200. The molecule has 1 aromatic heterocycles. The lowest BCUT2D eigenvalue weighted by Crippen LogP contribution is -2.31. The monoisotopic (exact) mass is 442 g/mol. The van der Waals surface area contributed by atoms with Gasteiger partial charge in [0.05, 0.1) is 25.3 Å². The van der Waals surface area contributed by atoms with Crippen LogP contribution in [0, 0.1) is 0 Å². The molecule has 0 saturated carbocycles. The van der Waals surface area contributed by atoms with Gasteiger partial charge in [-0.15, -0.1) is 5.10 Å². The van der Waals surface area contributed by atoms with E-state index in [9.17, 15) is 14.7 Å². The van der Waals surface area contributed by atoms with E-state index in [0.29, 0.717) is 17.1 Å². The largest absolute Gasteiger partial charge is 0.497 e. The van der Waals surface area contributed by atoms with Gasteiger partial charge in [-0.1, -0.05) is 60.7 Å². The third kappa shape index (κ3) is 5.07. The highest BCUT2D eigenvalue weighted by atomic mass is 16.5. The van der Waals surface area contributed by atoms with Crippen molar-refractivity contribution in [3.05, 3.63) is 96.3 Å². The Hall–Kier alpha value is -4.46. The predicted octanol–water partition coefficient (Wildman–Crippen LogP) is 3.89. The molecule has 0 aliphatic rings. The molecule has 0 spiro atoms. The van der Waals surface area contributed by atoms with Gasteiger partial charge in [0.1, 0.15) is 5.75 Å². The molecule has 1 amide bonds. The van der Waals surface area contributed by atoms with E-state index in [1.165, 1.54) is 7.11 Å². The van der Waals surface area contributed by atoms with Crippen molar-refractivity contribution in [2.24, 2.45) is 0 Å². The Morgan fingerprint density at radius 3 is 2.36 bits per heavy atom.